The minimum absolute atomic E-state index is 0.257. The minimum Gasteiger partial charge on any atom is -0.496 e. The van der Waals surface area contributed by atoms with Gasteiger partial charge < -0.3 is 9.47 Å². The lowest BCUT2D eigenvalue weighted by Crippen LogP contribution is -2.26. The summed E-state index contributed by atoms with van der Waals surface area (Å²) in [6.07, 6.45) is -0.431. The molecule has 0 atom stereocenters. The average molecular weight is 413 g/mol. The van der Waals surface area contributed by atoms with Gasteiger partial charge in [-0.25, -0.2) is 14.7 Å². The molecule has 0 aliphatic heterocycles. The first-order valence-corrected chi connectivity index (χ1v) is 10.7. The van der Waals surface area contributed by atoms with Crippen LogP contribution in [0.5, 0.6) is 5.75 Å². The molecule has 154 valence electrons. The zero-order valence-corrected chi connectivity index (χ0v) is 18.7. The van der Waals surface area contributed by atoms with Crippen molar-refractivity contribution in [2.75, 3.05) is 18.6 Å². The van der Waals surface area contributed by atoms with E-state index in [0.717, 1.165) is 32.8 Å². The molecule has 0 spiro atoms. The molecule has 1 heterocycles. The van der Waals surface area contributed by atoms with Crippen LogP contribution in [0.2, 0.25) is 0 Å². The standard InChI is InChI=1S/C23H28N2O3S/c1-7-28-23(26)25(16-11-9-8-10-12-16)22-24-18-13-17(14(2)3)20(27-6)19(15(4)5)21(18)29-22/h8-15H,7H2,1-6H3. The van der Waals surface area contributed by atoms with Gasteiger partial charge in [0.2, 0.25) is 5.13 Å². The van der Waals surface area contributed by atoms with Gasteiger partial charge in [0.05, 0.1) is 29.6 Å². The van der Waals surface area contributed by atoms with E-state index in [-0.39, 0.29) is 5.92 Å². The minimum atomic E-state index is -0.431. The number of para-hydroxylation sites is 1. The highest BCUT2D eigenvalue weighted by atomic mass is 32.1. The number of fused-ring (bicyclic) bond motifs is 1. The van der Waals surface area contributed by atoms with E-state index in [9.17, 15) is 4.79 Å². The van der Waals surface area contributed by atoms with Gasteiger partial charge in [-0.15, -0.1) is 0 Å². The van der Waals surface area contributed by atoms with E-state index in [1.807, 2.05) is 30.3 Å². The van der Waals surface area contributed by atoms with E-state index in [1.165, 1.54) is 11.3 Å². The first-order chi connectivity index (χ1) is 13.9. The third kappa shape index (κ3) is 4.08. The van der Waals surface area contributed by atoms with Gasteiger partial charge in [-0.05, 0) is 42.5 Å². The molecule has 1 aromatic heterocycles. The summed E-state index contributed by atoms with van der Waals surface area (Å²) in [5, 5.41) is 0.592. The summed E-state index contributed by atoms with van der Waals surface area (Å²) in [4.78, 5) is 19.2. The quantitative estimate of drug-likeness (QED) is 0.444. The summed E-state index contributed by atoms with van der Waals surface area (Å²) < 4.78 is 12.2. The lowest BCUT2D eigenvalue weighted by molar-refractivity contribution is 0.162. The molecule has 0 fully saturated rings. The Kier molecular flexibility index (Phi) is 6.42. The van der Waals surface area contributed by atoms with Crippen molar-refractivity contribution in [2.24, 2.45) is 0 Å². The van der Waals surface area contributed by atoms with E-state index in [2.05, 4.69) is 33.8 Å². The van der Waals surface area contributed by atoms with E-state index in [0.29, 0.717) is 17.7 Å². The Morgan fingerprint density at radius 1 is 1.14 bits per heavy atom. The molecule has 0 bridgehead atoms. The molecule has 0 saturated carbocycles. The van der Waals surface area contributed by atoms with Crippen LogP contribution < -0.4 is 9.64 Å². The molecule has 0 aliphatic rings. The van der Waals surface area contributed by atoms with Gasteiger partial charge in [-0.2, -0.15) is 0 Å². The summed E-state index contributed by atoms with van der Waals surface area (Å²) in [6, 6.07) is 11.6. The normalized spacial score (nSPS) is 11.3. The molecule has 0 radical (unpaired) electrons. The third-order valence-electron chi connectivity index (χ3n) is 4.75. The highest BCUT2D eigenvalue weighted by molar-refractivity contribution is 7.22. The van der Waals surface area contributed by atoms with Crippen LogP contribution >= 0.6 is 11.3 Å². The highest BCUT2D eigenvalue weighted by Gasteiger charge is 2.26. The number of methoxy groups -OCH3 is 1. The van der Waals surface area contributed by atoms with E-state index in [4.69, 9.17) is 14.5 Å². The van der Waals surface area contributed by atoms with Crippen molar-refractivity contribution in [3.05, 3.63) is 47.5 Å². The Hall–Kier alpha value is -2.60. The second-order valence-electron chi connectivity index (χ2n) is 7.44. The van der Waals surface area contributed by atoms with Crippen molar-refractivity contribution in [1.82, 2.24) is 4.98 Å². The summed E-state index contributed by atoms with van der Waals surface area (Å²) in [7, 11) is 1.72. The first kappa shape index (κ1) is 21.1. The molecule has 2 aromatic carbocycles. The van der Waals surface area contributed by atoms with Gasteiger partial charge in [0, 0.05) is 5.56 Å². The van der Waals surface area contributed by atoms with Gasteiger partial charge >= 0.3 is 6.09 Å². The number of nitrogens with zero attached hydrogens (tertiary/aromatic N) is 2. The number of rotatable bonds is 6. The smallest absolute Gasteiger partial charge is 0.420 e. The maximum Gasteiger partial charge on any atom is 0.420 e. The fourth-order valence-electron chi connectivity index (χ4n) is 3.42. The van der Waals surface area contributed by atoms with Crippen LogP contribution in [-0.4, -0.2) is 24.8 Å². The maximum absolute atomic E-state index is 12.8. The maximum atomic E-state index is 12.8. The summed E-state index contributed by atoms with van der Waals surface area (Å²) in [5.74, 6) is 1.47. The van der Waals surface area contributed by atoms with Crippen LogP contribution in [0.3, 0.4) is 0 Å². The van der Waals surface area contributed by atoms with Crippen molar-refractivity contribution in [3.8, 4) is 5.75 Å². The lowest BCUT2D eigenvalue weighted by atomic mass is 9.93. The molecular formula is C23H28N2O3S. The van der Waals surface area contributed by atoms with Crippen molar-refractivity contribution in [2.45, 2.75) is 46.5 Å². The lowest BCUT2D eigenvalue weighted by Gasteiger charge is -2.19. The van der Waals surface area contributed by atoms with Crippen molar-refractivity contribution in [1.29, 1.82) is 0 Å². The van der Waals surface area contributed by atoms with E-state index < -0.39 is 6.09 Å². The Bertz CT molecular complexity index is 996. The molecule has 6 heteroatoms. The Balaban J connectivity index is 2.26. The number of hydrogen-bond donors (Lipinski definition) is 0. The average Bonchev–Trinajstić information content (AvgIpc) is 3.10. The molecule has 0 N–H and O–H groups in total. The molecular weight excluding hydrogens is 384 g/mol. The van der Waals surface area contributed by atoms with Crippen molar-refractivity contribution >= 4 is 38.5 Å². The zero-order valence-electron chi connectivity index (χ0n) is 17.9. The van der Waals surface area contributed by atoms with Gasteiger partial charge in [-0.1, -0.05) is 57.2 Å². The molecule has 0 unspecified atom stereocenters. The number of amides is 1. The molecule has 0 aliphatic carbocycles. The molecule has 0 saturated heterocycles. The fraction of sp³-hybridized carbons (Fsp3) is 0.391. The molecule has 3 rings (SSSR count). The van der Waals surface area contributed by atoms with Crippen LogP contribution in [0.1, 0.15) is 57.6 Å². The highest BCUT2D eigenvalue weighted by Crippen LogP contribution is 2.44. The number of benzene rings is 2. The van der Waals surface area contributed by atoms with Crippen LogP contribution in [0.25, 0.3) is 10.2 Å². The summed E-state index contributed by atoms with van der Waals surface area (Å²) >= 11 is 1.49. The molecule has 5 nitrogen and oxygen atoms in total. The second-order valence-corrected chi connectivity index (χ2v) is 8.41. The van der Waals surface area contributed by atoms with Gasteiger partial charge in [-0.3, -0.25) is 0 Å². The number of ether oxygens (including phenoxy) is 2. The predicted molar refractivity (Wildman–Crippen MR) is 120 cm³/mol. The van der Waals surface area contributed by atoms with Gasteiger partial charge in [0.15, 0.2) is 0 Å². The molecule has 29 heavy (non-hydrogen) atoms. The second kappa shape index (κ2) is 8.82. The number of hydrogen-bond acceptors (Lipinski definition) is 5. The number of thiazole rings is 1. The van der Waals surface area contributed by atoms with Crippen molar-refractivity contribution < 1.29 is 14.3 Å². The number of carbonyl (C=O) groups excluding carboxylic acids is 1. The summed E-state index contributed by atoms with van der Waals surface area (Å²) in [5.41, 5.74) is 3.87. The van der Waals surface area contributed by atoms with E-state index >= 15 is 0 Å². The zero-order chi connectivity index (χ0) is 21.1. The monoisotopic (exact) mass is 412 g/mol. The Morgan fingerprint density at radius 3 is 2.38 bits per heavy atom. The molecule has 3 aromatic rings. The largest absolute Gasteiger partial charge is 0.496 e. The van der Waals surface area contributed by atoms with Crippen LogP contribution in [-0.2, 0) is 4.74 Å². The first-order valence-electron chi connectivity index (χ1n) is 9.92. The van der Waals surface area contributed by atoms with Gasteiger partial charge in [0.1, 0.15) is 5.75 Å². The fourth-order valence-corrected chi connectivity index (χ4v) is 4.66. The molecule has 1 amide bonds. The Morgan fingerprint density at radius 2 is 1.83 bits per heavy atom. The third-order valence-corrected chi connectivity index (χ3v) is 5.83. The SMILES string of the molecule is CCOC(=O)N(c1ccccc1)c1nc2cc(C(C)C)c(OC)c(C(C)C)c2s1. The van der Waals surface area contributed by atoms with Crippen molar-refractivity contribution in [3.63, 3.8) is 0 Å². The topological polar surface area (TPSA) is 51.7 Å². The van der Waals surface area contributed by atoms with E-state index in [1.54, 1.807) is 18.9 Å². The number of aromatic nitrogens is 1. The predicted octanol–water partition coefficient (Wildman–Crippen LogP) is 6.85. The van der Waals surface area contributed by atoms with Crippen LogP contribution in [0.4, 0.5) is 15.6 Å². The number of carbonyl (C=O) groups is 1. The van der Waals surface area contributed by atoms with Crippen LogP contribution in [0.15, 0.2) is 36.4 Å². The Labute approximate surface area is 176 Å². The number of anilines is 2. The van der Waals surface area contributed by atoms with Gasteiger partial charge in [0.25, 0.3) is 0 Å². The van der Waals surface area contributed by atoms with Crippen LogP contribution in [0, 0.1) is 0 Å². The summed E-state index contributed by atoms with van der Waals surface area (Å²) in [6.45, 7) is 10.7.